The Labute approximate surface area is 167 Å². The van der Waals surface area contributed by atoms with Gasteiger partial charge in [0.15, 0.2) is 0 Å². The summed E-state index contributed by atoms with van der Waals surface area (Å²) in [6.45, 7) is 3.85. The molecule has 4 nitrogen and oxygen atoms in total. The molecule has 1 heterocycles. The molecule has 0 aliphatic rings. The van der Waals surface area contributed by atoms with Crippen LogP contribution in [0.5, 0.6) is 0 Å². The van der Waals surface area contributed by atoms with Gasteiger partial charge in [0.1, 0.15) is 0 Å². The molecule has 138 valence electrons. The zero-order valence-electron chi connectivity index (χ0n) is 15.1. The number of amides is 2. The molecule has 0 aliphatic heterocycles. The molecular weight excluding hydrogens is 376 g/mol. The summed E-state index contributed by atoms with van der Waals surface area (Å²) >= 11 is 3.26. The van der Waals surface area contributed by atoms with Crippen LogP contribution in [-0.4, -0.2) is 11.8 Å². The summed E-state index contributed by atoms with van der Waals surface area (Å²) in [4.78, 5) is 25.8. The van der Waals surface area contributed by atoms with Gasteiger partial charge in [-0.2, -0.15) is 11.3 Å². The quantitative estimate of drug-likeness (QED) is 0.484. The second kappa shape index (κ2) is 8.88. The van der Waals surface area contributed by atoms with Crippen LogP contribution in [-0.2, 0) is 5.75 Å². The van der Waals surface area contributed by atoms with E-state index >= 15 is 0 Å². The zero-order valence-corrected chi connectivity index (χ0v) is 16.7. The Bertz CT molecular complexity index is 953. The number of nitrogens with one attached hydrogen (secondary N) is 2. The highest BCUT2D eigenvalue weighted by atomic mass is 32.2. The smallest absolute Gasteiger partial charge is 0.267 e. The first-order chi connectivity index (χ1) is 13.0. The van der Waals surface area contributed by atoms with Gasteiger partial charge in [-0.15, -0.1) is 11.8 Å². The lowest BCUT2D eigenvalue weighted by molar-refractivity contribution is 0.0844. The van der Waals surface area contributed by atoms with Gasteiger partial charge < -0.3 is 0 Å². The average molecular weight is 397 g/mol. The summed E-state index contributed by atoms with van der Waals surface area (Å²) in [5.41, 5.74) is 9.30. The Hall–Kier alpha value is -2.57. The lowest BCUT2D eigenvalue weighted by Gasteiger charge is -2.12. The molecule has 0 fully saturated rings. The first-order valence-electron chi connectivity index (χ1n) is 8.45. The summed E-state index contributed by atoms with van der Waals surface area (Å²) in [7, 11) is 0. The van der Waals surface area contributed by atoms with Crippen molar-refractivity contribution in [1.29, 1.82) is 0 Å². The van der Waals surface area contributed by atoms with Crippen molar-refractivity contribution in [3.63, 3.8) is 0 Å². The standard InChI is InChI=1S/C21H20N2O2S2/c1-14-7-8-17(15(2)11-14)20(24)22-23-21(25)18-5-3-4-6-19(18)27-13-16-9-10-26-12-16/h3-12H,13H2,1-2H3,(H,22,24)(H,23,25). The molecule has 0 spiro atoms. The Kier molecular flexibility index (Phi) is 6.32. The Balaban J connectivity index is 1.64. The predicted octanol–water partition coefficient (Wildman–Crippen LogP) is 4.73. The van der Waals surface area contributed by atoms with Gasteiger partial charge in [0.2, 0.25) is 0 Å². The molecule has 0 saturated heterocycles. The van der Waals surface area contributed by atoms with Crippen LogP contribution in [0.3, 0.4) is 0 Å². The zero-order chi connectivity index (χ0) is 19.2. The second-order valence-corrected chi connectivity index (χ2v) is 7.94. The van der Waals surface area contributed by atoms with E-state index in [2.05, 4.69) is 22.3 Å². The van der Waals surface area contributed by atoms with Crippen LogP contribution < -0.4 is 10.9 Å². The lowest BCUT2D eigenvalue weighted by Crippen LogP contribution is -2.42. The molecule has 0 radical (unpaired) electrons. The Morgan fingerprint density at radius 1 is 0.963 bits per heavy atom. The number of hydrogen-bond acceptors (Lipinski definition) is 4. The van der Waals surface area contributed by atoms with Crippen molar-refractivity contribution in [3.05, 3.63) is 87.1 Å². The number of thioether (sulfide) groups is 1. The van der Waals surface area contributed by atoms with E-state index in [0.29, 0.717) is 11.1 Å². The molecule has 3 aromatic rings. The van der Waals surface area contributed by atoms with Crippen molar-refractivity contribution >= 4 is 34.9 Å². The van der Waals surface area contributed by atoms with Crippen LogP contribution in [0.1, 0.15) is 37.4 Å². The van der Waals surface area contributed by atoms with E-state index in [-0.39, 0.29) is 11.8 Å². The van der Waals surface area contributed by atoms with E-state index in [4.69, 9.17) is 0 Å². The summed E-state index contributed by atoms with van der Waals surface area (Å²) < 4.78 is 0. The van der Waals surface area contributed by atoms with Crippen LogP contribution in [0.2, 0.25) is 0 Å². The second-order valence-electron chi connectivity index (χ2n) is 6.14. The van der Waals surface area contributed by atoms with E-state index in [9.17, 15) is 9.59 Å². The highest BCUT2D eigenvalue weighted by molar-refractivity contribution is 7.98. The van der Waals surface area contributed by atoms with Gasteiger partial charge in [-0.05, 0) is 60.0 Å². The number of hydrogen-bond donors (Lipinski definition) is 2. The molecule has 6 heteroatoms. The fraction of sp³-hybridized carbons (Fsp3) is 0.143. The van der Waals surface area contributed by atoms with Gasteiger partial charge >= 0.3 is 0 Å². The molecule has 27 heavy (non-hydrogen) atoms. The average Bonchev–Trinajstić information content (AvgIpc) is 3.18. The highest BCUT2D eigenvalue weighted by Crippen LogP contribution is 2.27. The maximum absolute atomic E-state index is 12.6. The number of thiophene rings is 1. The van der Waals surface area contributed by atoms with Gasteiger partial charge in [-0.1, -0.05) is 29.8 Å². The van der Waals surface area contributed by atoms with Crippen molar-refractivity contribution < 1.29 is 9.59 Å². The number of aryl methyl sites for hydroxylation is 2. The van der Waals surface area contributed by atoms with Crippen molar-refractivity contribution in [2.75, 3.05) is 0 Å². The molecular formula is C21H20N2O2S2. The van der Waals surface area contributed by atoms with Crippen LogP contribution in [0.4, 0.5) is 0 Å². The molecule has 1 aromatic heterocycles. The third kappa shape index (κ3) is 4.99. The topological polar surface area (TPSA) is 58.2 Å². The summed E-state index contributed by atoms with van der Waals surface area (Å²) in [6, 6.07) is 15.0. The number of carbonyl (C=O) groups excluding carboxylic acids is 2. The molecule has 0 unspecified atom stereocenters. The van der Waals surface area contributed by atoms with Crippen molar-refractivity contribution in [1.82, 2.24) is 10.9 Å². The molecule has 2 aromatic carbocycles. The minimum Gasteiger partial charge on any atom is -0.267 e. The number of carbonyl (C=O) groups is 2. The van der Waals surface area contributed by atoms with Crippen LogP contribution >= 0.6 is 23.1 Å². The molecule has 0 bridgehead atoms. The fourth-order valence-electron chi connectivity index (χ4n) is 2.63. The third-order valence-corrected chi connectivity index (χ3v) is 5.90. The molecule has 2 N–H and O–H groups in total. The lowest BCUT2D eigenvalue weighted by atomic mass is 10.1. The van der Waals surface area contributed by atoms with Gasteiger partial charge in [0, 0.05) is 16.2 Å². The summed E-state index contributed by atoms with van der Waals surface area (Å²) in [6.07, 6.45) is 0. The SMILES string of the molecule is Cc1ccc(C(=O)NNC(=O)c2ccccc2SCc2ccsc2)c(C)c1. The summed E-state index contributed by atoms with van der Waals surface area (Å²) in [5, 5.41) is 4.14. The third-order valence-electron chi connectivity index (χ3n) is 4.02. The van der Waals surface area contributed by atoms with Crippen molar-refractivity contribution in [3.8, 4) is 0 Å². The molecule has 3 rings (SSSR count). The van der Waals surface area contributed by atoms with Crippen molar-refractivity contribution in [2.45, 2.75) is 24.5 Å². The minimum absolute atomic E-state index is 0.329. The predicted molar refractivity (Wildman–Crippen MR) is 111 cm³/mol. The normalized spacial score (nSPS) is 10.4. The van der Waals surface area contributed by atoms with Gasteiger partial charge in [0.05, 0.1) is 5.56 Å². The van der Waals surface area contributed by atoms with Gasteiger partial charge in [-0.25, -0.2) is 0 Å². The first-order valence-corrected chi connectivity index (χ1v) is 10.4. The summed E-state index contributed by atoms with van der Waals surface area (Å²) in [5.74, 6) is 0.133. The molecule has 2 amide bonds. The van der Waals surface area contributed by atoms with Crippen LogP contribution in [0.15, 0.2) is 64.2 Å². The number of hydrazine groups is 1. The van der Waals surface area contributed by atoms with Crippen molar-refractivity contribution in [2.24, 2.45) is 0 Å². The number of benzene rings is 2. The number of rotatable bonds is 5. The molecule has 0 saturated carbocycles. The van der Waals surface area contributed by atoms with E-state index in [0.717, 1.165) is 21.8 Å². The Morgan fingerprint density at radius 2 is 1.70 bits per heavy atom. The fourth-order valence-corrected chi connectivity index (χ4v) is 4.40. The van der Waals surface area contributed by atoms with Gasteiger partial charge in [-0.3, -0.25) is 20.4 Å². The van der Waals surface area contributed by atoms with E-state index < -0.39 is 0 Å². The highest BCUT2D eigenvalue weighted by Gasteiger charge is 2.14. The van der Waals surface area contributed by atoms with Crippen LogP contribution in [0, 0.1) is 13.8 Å². The molecule has 0 aliphatic carbocycles. The van der Waals surface area contributed by atoms with E-state index in [1.165, 1.54) is 5.56 Å². The first kappa shape index (κ1) is 19.2. The van der Waals surface area contributed by atoms with Crippen LogP contribution in [0.25, 0.3) is 0 Å². The Morgan fingerprint density at radius 3 is 2.41 bits per heavy atom. The van der Waals surface area contributed by atoms with Gasteiger partial charge in [0.25, 0.3) is 11.8 Å². The maximum Gasteiger partial charge on any atom is 0.270 e. The molecule has 0 atom stereocenters. The largest absolute Gasteiger partial charge is 0.270 e. The van der Waals surface area contributed by atoms with E-state index in [1.807, 2.05) is 49.6 Å². The monoisotopic (exact) mass is 396 g/mol. The maximum atomic E-state index is 12.6. The minimum atomic E-state index is -0.332. The van der Waals surface area contributed by atoms with E-state index in [1.54, 1.807) is 35.2 Å².